The fourth-order valence-electron chi connectivity index (χ4n) is 10.8. The van der Waals surface area contributed by atoms with Gasteiger partial charge in [0, 0.05) is 25.2 Å². The minimum atomic E-state index is -0.377. The molecule has 0 aromatic carbocycles. The topological polar surface area (TPSA) is 83.4 Å². The summed E-state index contributed by atoms with van der Waals surface area (Å²) in [4.78, 5) is 12.9. The van der Waals surface area contributed by atoms with Crippen LogP contribution in [0.4, 0.5) is 0 Å². The molecule has 5 aliphatic rings. The monoisotopic (exact) mass is 518 g/mol. The van der Waals surface area contributed by atoms with E-state index in [9.17, 15) is 15.0 Å². The number of fused-ring (bicyclic) bond motifs is 5. The van der Waals surface area contributed by atoms with Crippen LogP contribution in [0.5, 0.6) is 0 Å². The first-order valence-electron chi connectivity index (χ1n) is 15.9. The second-order valence-electron chi connectivity index (χ2n) is 15.1. The summed E-state index contributed by atoms with van der Waals surface area (Å²) in [6.07, 6.45) is 12.1. The molecule has 1 saturated heterocycles. The second-order valence-corrected chi connectivity index (χ2v) is 15.1. The molecule has 4 aliphatic carbocycles. The van der Waals surface area contributed by atoms with Gasteiger partial charge in [0.25, 0.3) is 0 Å². The summed E-state index contributed by atoms with van der Waals surface area (Å²) < 4.78 is 6.06. The first-order valence-corrected chi connectivity index (χ1v) is 15.9. The van der Waals surface area contributed by atoms with Crippen LogP contribution >= 0.6 is 0 Å². The molecule has 4 N–H and O–H groups in total. The molecular formula is C32H56NO4+. The fourth-order valence-corrected chi connectivity index (χ4v) is 10.8. The standard InChI is InChI=1S/C32H55NO4/c1-20(6-11-29(36)37-30(2,3)21-13-16-33-17-14-21)25-9-10-26-24-8-7-22-18-23(34)12-15-31(22,4)27(24)19-28(35)32(25,26)5/h20-28,33-35H,6-19H2,1-5H3/p+1/t20-,22-,23?,24+,25-,26+,27+,28?,31+,32-/m1/s1. The van der Waals surface area contributed by atoms with Gasteiger partial charge in [-0.15, -0.1) is 0 Å². The minimum Gasteiger partial charge on any atom is -0.459 e. The van der Waals surface area contributed by atoms with Crippen molar-refractivity contribution in [2.24, 2.45) is 52.3 Å². The van der Waals surface area contributed by atoms with E-state index in [0.29, 0.717) is 47.8 Å². The maximum atomic E-state index is 12.9. The Morgan fingerprint density at radius 2 is 1.73 bits per heavy atom. The van der Waals surface area contributed by atoms with Crippen LogP contribution in [0.25, 0.3) is 0 Å². The minimum absolute atomic E-state index is 0.0407. The molecule has 0 amide bonds. The lowest BCUT2D eigenvalue weighted by atomic mass is 9.43. The van der Waals surface area contributed by atoms with Crippen LogP contribution in [0.15, 0.2) is 0 Å². The number of hydrogen-bond acceptors (Lipinski definition) is 4. The van der Waals surface area contributed by atoms with E-state index in [2.05, 4.69) is 39.9 Å². The van der Waals surface area contributed by atoms with E-state index in [1.165, 1.54) is 25.7 Å². The van der Waals surface area contributed by atoms with Crippen LogP contribution in [-0.2, 0) is 9.53 Å². The first kappa shape index (κ1) is 27.9. The lowest BCUT2D eigenvalue weighted by Gasteiger charge is -2.62. The Hall–Kier alpha value is -0.650. The molecule has 212 valence electrons. The van der Waals surface area contributed by atoms with Crippen molar-refractivity contribution in [1.29, 1.82) is 0 Å². The third kappa shape index (κ3) is 4.92. The van der Waals surface area contributed by atoms with Crippen LogP contribution in [0.1, 0.15) is 112 Å². The molecule has 5 nitrogen and oxygen atoms in total. The Morgan fingerprint density at radius 3 is 2.46 bits per heavy atom. The molecular weight excluding hydrogens is 462 g/mol. The number of esters is 1. The number of ether oxygens (including phenoxy) is 1. The molecule has 5 fully saturated rings. The lowest BCUT2D eigenvalue weighted by Crippen LogP contribution is -2.86. The third-order valence-electron chi connectivity index (χ3n) is 13.1. The predicted octanol–water partition coefficient (Wildman–Crippen LogP) is 4.69. The Morgan fingerprint density at radius 1 is 1.00 bits per heavy atom. The van der Waals surface area contributed by atoms with Crippen LogP contribution in [0, 0.1) is 52.3 Å². The number of quaternary nitrogens is 1. The maximum Gasteiger partial charge on any atom is 0.306 e. The summed E-state index contributed by atoms with van der Waals surface area (Å²) in [7, 11) is 0. The SMILES string of the molecule is C[C@H](CCC(=O)OC(C)(C)C1CC[NH2+]CC1)[C@H]1CC[C@H]2[C@@H]3CC[C@@H]4CC(O)CC[C@]4(C)[C@H]3CC(O)[C@]12C. The number of piperidine rings is 1. The molecule has 0 spiro atoms. The molecule has 2 unspecified atom stereocenters. The summed E-state index contributed by atoms with van der Waals surface area (Å²) in [5, 5.41) is 24.5. The largest absolute Gasteiger partial charge is 0.459 e. The van der Waals surface area contributed by atoms with Gasteiger partial charge in [-0.3, -0.25) is 4.79 Å². The summed E-state index contributed by atoms with van der Waals surface area (Å²) in [5.74, 6) is 3.82. The average Bonchev–Trinajstić information content (AvgIpc) is 3.23. The normalized spacial score (nSPS) is 45.4. The Balaban J connectivity index is 1.21. The highest BCUT2D eigenvalue weighted by molar-refractivity contribution is 5.69. The van der Waals surface area contributed by atoms with E-state index in [1.54, 1.807) is 0 Å². The Kier molecular flexibility index (Phi) is 7.84. The van der Waals surface area contributed by atoms with E-state index in [-0.39, 0.29) is 34.6 Å². The zero-order chi connectivity index (χ0) is 26.6. The molecule has 0 radical (unpaired) electrons. The number of aliphatic hydroxyl groups is 2. The van der Waals surface area contributed by atoms with Crippen molar-refractivity contribution in [1.82, 2.24) is 0 Å². The van der Waals surface area contributed by atoms with Gasteiger partial charge >= 0.3 is 5.97 Å². The number of carbonyl (C=O) groups excluding carboxylic acids is 1. The molecule has 4 saturated carbocycles. The first-order chi connectivity index (χ1) is 17.5. The number of aliphatic hydroxyl groups excluding tert-OH is 2. The van der Waals surface area contributed by atoms with Crippen LogP contribution in [0.2, 0.25) is 0 Å². The van der Waals surface area contributed by atoms with Crippen LogP contribution < -0.4 is 5.32 Å². The summed E-state index contributed by atoms with van der Waals surface area (Å²) in [5.41, 5.74) is -0.140. The van der Waals surface area contributed by atoms with E-state index in [4.69, 9.17) is 4.74 Å². The maximum absolute atomic E-state index is 12.9. The Bertz CT molecular complexity index is 824. The van der Waals surface area contributed by atoms with Gasteiger partial charge in [-0.25, -0.2) is 0 Å². The highest BCUT2D eigenvalue weighted by Gasteiger charge is 2.63. The highest BCUT2D eigenvalue weighted by Crippen LogP contribution is 2.68. The molecule has 0 aromatic heterocycles. The van der Waals surface area contributed by atoms with Gasteiger partial charge < -0.3 is 20.3 Å². The molecule has 0 aromatic rings. The van der Waals surface area contributed by atoms with Gasteiger partial charge in [0.15, 0.2) is 0 Å². The molecule has 5 heteroatoms. The van der Waals surface area contributed by atoms with E-state index < -0.39 is 0 Å². The van der Waals surface area contributed by atoms with Gasteiger partial charge in [-0.05, 0) is 118 Å². The lowest BCUT2D eigenvalue weighted by molar-refractivity contribution is -0.665. The molecule has 37 heavy (non-hydrogen) atoms. The van der Waals surface area contributed by atoms with E-state index in [1.807, 2.05) is 0 Å². The van der Waals surface area contributed by atoms with Crippen molar-refractivity contribution in [2.45, 2.75) is 129 Å². The summed E-state index contributed by atoms with van der Waals surface area (Å²) in [6.45, 7) is 13.7. The van der Waals surface area contributed by atoms with Crippen molar-refractivity contribution >= 4 is 5.97 Å². The second kappa shape index (κ2) is 10.4. The molecule has 0 bridgehead atoms. The number of hydrogen-bond donors (Lipinski definition) is 3. The zero-order valence-electron chi connectivity index (χ0n) is 24.4. The van der Waals surface area contributed by atoms with Gasteiger partial charge in [0.05, 0.1) is 25.3 Å². The summed E-state index contributed by atoms with van der Waals surface area (Å²) in [6, 6.07) is 0. The van der Waals surface area contributed by atoms with E-state index in [0.717, 1.165) is 58.0 Å². The third-order valence-corrected chi connectivity index (χ3v) is 13.1. The quantitative estimate of drug-likeness (QED) is 0.446. The summed E-state index contributed by atoms with van der Waals surface area (Å²) >= 11 is 0. The highest BCUT2D eigenvalue weighted by atomic mass is 16.6. The van der Waals surface area contributed by atoms with Crippen molar-refractivity contribution in [3.8, 4) is 0 Å². The number of nitrogens with two attached hydrogens (primary N) is 1. The number of rotatable bonds is 6. The van der Waals surface area contributed by atoms with Crippen molar-refractivity contribution in [3.63, 3.8) is 0 Å². The van der Waals surface area contributed by atoms with Crippen molar-refractivity contribution < 1.29 is 25.1 Å². The van der Waals surface area contributed by atoms with Crippen LogP contribution in [0.3, 0.4) is 0 Å². The van der Waals surface area contributed by atoms with Gasteiger partial charge in [-0.1, -0.05) is 20.8 Å². The van der Waals surface area contributed by atoms with Gasteiger partial charge in [0.2, 0.25) is 0 Å². The average molecular weight is 519 g/mol. The number of carbonyl (C=O) groups is 1. The predicted molar refractivity (Wildman–Crippen MR) is 146 cm³/mol. The smallest absolute Gasteiger partial charge is 0.306 e. The molecule has 10 atom stereocenters. The van der Waals surface area contributed by atoms with Crippen LogP contribution in [-0.4, -0.2) is 47.1 Å². The zero-order valence-corrected chi connectivity index (χ0v) is 24.4. The Labute approximate surface area is 225 Å². The van der Waals surface area contributed by atoms with Crippen molar-refractivity contribution in [3.05, 3.63) is 0 Å². The fraction of sp³-hybridized carbons (Fsp3) is 0.969. The molecule has 1 heterocycles. The molecule has 5 rings (SSSR count). The molecule has 1 aliphatic heterocycles. The van der Waals surface area contributed by atoms with E-state index >= 15 is 0 Å². The van der Waals surface area contributed by atoms with Crippen molar-refractivity contribution in [2.75, 3.05) is 13.1 Å². The van der Waals surface area contributed by atoms with Gasteiger partial charge in [-0.2, -0.15) is 0 Å². The van der Waals surface area contributed by atoms with Gasteiger partial charge in [0.1, 0.15) is 5.60 Å².